The van der Waals surface area contributed by atoms with Gasteiger partial charge in [-0.1, -0.05) is 24.3 Å². The second-order valence-electron chi connectivity index (χ2n) is 7.05. The molecule has 5 nitrogen and oxygen atoms in total. The van der Waals surface area contributed by atoms with Gasteiger partial charge in [-0.2, -0.15) is 0 Å². The van der Waals surface area contributed by atoms with Gasteiger partial charge in [-0.25, -0.2) is 0 Å². The Morgan fingerprint density at radius 2 is 1.82 bits per heavy atom. The van der Waals surface area contributed by atoms with Gasteiger partial charge in [0.15, 0.2) is 0 Å². The normalized spacial score (nSPS) is 13.1. The Balaban J connectivity index is 1.62. The van der Waals surface area contributed by atoms with E-state index in [-0.39, 0.29) is 11.8 Å². The van der Waals surface area contributed by atoms with Crippen LogP contribution in [0.4, 0.5) is 11.4 Å². The molecule has 1 aromatic heterocycles. The number of fused-ring (bicyclic) bond motifs is 1. The van der Waals surface area contributed by atoms with Crippen molar-refractivity contribution in [3.63, 3.8) is 0 Å². The number of rotatable bonds is 3. The highest BCUT2D eigenvalue weighted by Crippen LogP contribution is 2.31. The minimum atomic E-state index is -0.217. The van der Waals surface area contributed by atoms with Gasteiger partial charge in [0.2, 0.25) is 0 Å². The first-order valence-corrected chi connectivity index (χ1v) is 9.41. The molecule has 0 atom stereocenters. The Morgan fingerprint density at radius 3 is 2.54 bits per heavy atom. The lowest BCUT2D eigenvalue weighted by atomic mass is 10.00. The monoisotopic (exact) mass is 374 g/mol. The molecule has 5 heteroatoms. The van der Waals surface area contributed by atoms with Crippen LogP contribution < -0.4 is 10.2 Å². The lowest BCUT2D eigenvalue weighted by Gasteiger charge is -2.30. The number of carbonyl (C=O) groups excluding carboxylic acids is 2. The van der Waals surface area contributed by atoms with Crippen molar-refractivity contribution in [3.05, 3.63) is 82.8 Å². The van der Waals surface area contributed by atoms with E-state index in [1.807, 2.05) is 55.5 Å². The Kier molecular flexibility index (Phi) is 4.74. The number of aryl methyl sites for hydroxylation is 3. The van der Waals surface area contributed by atoms with Crippen LogP contribution in [0.15, 0.2) is 59.0 Å². The second-order valence-corrected chi connectivity index (χ2v) is 7.05. The number of nitrogens with zero attached hydrogens (tertiary/aromatic N) is 1. The smallest absolute Gasteiger partial charge is 0.259 e. The summed E-state index contributed by atoms with van der Waals surface area (Å²) < 4.78 is 5.45. The topological polar surface area (TPSA) is 62.6 Å². The quantitative estimate of drug-likeness (QED) is 0.720. The first-order chi connectivity index (χ1) is 13.5. The van der Waals surface area contributed by atoms with E-state index in [4.69, 9.17) is 4.42 Å². The average molecular weight is 374 g/mol. The van der Waals surface area contributed by atoms with Gasteiger partial charge in [0.1, 0.15) is 11.5 Å². The number of carbonyl (C=O) groups is 2. The standard InChI is InChI=1S/C23H22N2O3/c1-15-13-20(16(2)28-15)22(26)24-19-11-10-17-9-6-12-25(21(17)14-19)23(27)18-7-4-3-5-8-18/h3-5,7-8,10-11,13-14H,6,9,12H2,1-2H3,(H,24,26). The summed E-state index contributed by atoms with van der Waals surface area (Å²) in [6.45, 7) is 4.25. The van der Waals surface area contributed by atoms with E-state index < -0.39 is 0 Å². The van der Waals surface area contributed by atoms with Crippen molar-refractivity contribution in [1.82, 2.24) is 0 Å². The SMILES string of the molecule is Cc1cc(C(=O)Nc2ccc3c(c2)N(C(=O)c2ccccc2)CCC3)c(C)o1. The maximum absolute atomic E-state index is 13.0. The molecular weight excluding hydrogens is 352 g/mol. The van der Waals surface area contributed by atoms with Crippen LogP contribution in [0.25, 0.3) is 0 Å². The minimum absolute atomic E-state index is 0.0219. The Bertz CT molecular complexity index is 1040. The van der Waals surface area contributed by atoms with Gasteiger partial charge < -0.3 is 14.6 Å². The summed E-state index contributed by atoms with van der Waals surface area (Å²) in [4.78, 5) is 27.4. The van der Waals surface area contributed by atoms with Crippen LogP contribution in [0.3, 0.4) is 0 Å². The molecule has 1 aliphatic rings. The number of furan rings is 1. The van der Waals surface area contributed by atoms with Gasteiger partial charge in [-0.3, -0.25) is 9.59 Å². The molecule has 0 bridgehead atoms. The number of benzene rings is 2. The summed E-state index contributed by atoms with van der Waals surface area (Å²) in [5.74, 6) is 1.05. The molecule has 1 N–H and O–H groups in total. The molecule has 0 fully saturated rings. The van der Waals surface area contributed by atoms with Crippen molar-refractivity contribution in [2.24, 2.45) is 0 Å². The van der Waals surface area contributed by atoms with E-state index in [2.05, 4.69) is 5.32 Å². The molecule has 0 radical (unpaired) electrons. The highest BCUT2D eigenvalue weighted by atomic mass is 16.3. The Labute approximate surface area is 164 Å². The second kappa shape index (κ2) is 7.35. The lowest BCUT2D eigenvalue weighted by Crippen LogP contribution is -2.35. The number of nitrogens with one attached hydrogen (secondary N) is 1. The first kappa shape index (κ1) is 18.0. The maximum atomic E-state index is 13.0. The number of hydrogen-bond donors (Lipinski definition) is 1. The van der Waals surface area contributed by atoms with Gasteiger partial charge in [0.25, 0.3) is 11.8 Å². The zero-order valence-electron chi connectivity index (χ0n) is 16.0. The molecule has 1 aliphatic heterocycles. The van der Waals surface area contributed by atoms with Crippen LogP contribution >= 0.6 is 0 Å². The fourth-order valence-electron chi connectivity index (χ4n) is 3.65. The van der Waals surface area contributed by atoms with Crippen molar-refractivity contribution in [2.75, 3.05) is 16.8 Å². The summed E-state index contributed by atoms with van der Waals surface area (Å²) in [7, 11) is 0. The molecular formula is C23H22N2O3. The van der Waals surface area contributed by atoms with Crippen molar-refractivity contribution in [2.45, 2.75) is 26.7 Å². The summed E-state index contributed by atoms with van der Waals surface area (Å²) in [6, 6.07) is 16.8. The van der Waals surface area contributed by atoms with Gasteiger partial charge >= 0.3 is 0 Å². The third-order valence-electron chi connectivity index (χ3n) is 5.01. The zero-order valence-corrected chi connectivity index (χ0v) is 16.0. The summed E-state index contributed by atoms with van der Waals surface area (Å²) in [5.41, 5.74) is 3.82. The Morgan fingerprint density at radius 1 is 1.04 bits per heavy atom. The third-order valence-corrected chi connectivity index (χ3v) is 5.01. The highest BCUT2D eigenvalue weighted by Gasteiger charge is 2.24. The summed E-state index contributed by atoms with van der Waals surface area (Å²) in [6.07, 6.45) is 1.84. The molecule has 0 spiro atoms. The van der Waals surface area contributed by atoms with E-state index in [1.54, 1.807) is 17.9 Å². The van der Waals surface area contributed by atoms with E-state index in [0.717, 1.165) is 24.1 Å². The van der Waals surface area contributed by atoms with Crippen molar-refractivity contribution in [3.8, 4) is 0 Å². The van der Waals surface area contributed by atoms with E-state index in [9.17, 15) is 9.59 Å². The van der Waals surface area contributed by atoms with Crippen molar-refractivity contribution in [1.29, 1.82) is 0 Å². The van der Waals surface area contributed by atoms with E-state index >= 15 is 0 Å². The van der Waals surface area contributed by atoms with Crippen LogP contribution in [0.2, 0.25) is 0 Å². The van der Waals surface area contributed by atoms with Crippen LogP contribution in [-0.2, 0) is 6.42 Å². The number of anilines is 2. The predicted molar refractivity (Wildman–Crippen MR) is 109 cm³/mol. The predicted octanol–water partition coefficient (Wildman–Crippen LogP) is 4.74. The van der Waals surface area contributed by atoms with Gasteiger partial charge in [0.05, 0.1) is 5.56 Å². The van der Waals surface area contributed by atoms with Gasteiger partial charge in [-0.05, 0) is 62.6 Å². The highest BCUT2D eigenvalue weighted by molar-refractivity contribution is 6.08. The molecule has 0 aliphatic carbocycles. The molecule has 4 rings (SSSR count). The van der Waals surface area contributed by atoms with Crippen LogP contribution in [-0.4, -0.2) is 18.4 Å². The molecule has 0 saturated heterocycles. The van der Waals surface area contributed by atoms with Gasteiger partial charge in [0, 0.05) is 23.5 Å². The summed E-state index contributed by atoms with van der Waals surface area (Å²) in [5, 5.41) is 2.92. The minimum Gasteiger partial charge on any atom is -0.466 e. The third kappa shape index (κ3) is 3.43. The van der Waals surface area contributed by atoms with Crippen molar-refractivity contribution >= 4 is 23.2 Å². The molecule has 142 valence electrons. The largest absolute Gasteiger partial charge is 0.466 e. The van der Waals surface area contributed by atoms with Crippen LogP contribution in [0.1, 0.15) is 44.2 Å². The lowest BCUT2D eigenvalue weighted by molar-refractivity contribution is 0.0984. The van der Waals surface area contributed by atoms with E-state index in [0.29, 0.717) is 34.9 Å². The van der Waals surface area contributed by atoms with Crippen molar-refractivity contribution < 1.29 is 14.0 Å². The number of amides is 2. The first-order valence-electron chi connectivity index (χ1n) is 9.41. The van der Waals surface area contributed by atoms with Crippen LogP contribution in [0.5, 0.6) is 0 Å². The molecule has 3 aromatic rings. The van der Waals surface area contributed by atoms with Gasteiger partial charge in [-0.15, -0.1) is 0 Å². The molecule has 2 aromatic carbocycles. The molecule has 0 unspecified atom stereocenters. The molecule has 2 amide bonds. The molecule has 0 saturated carbocycles. The molecule has 2 heterocycles. The fraction of sp³-hybridized carbons (Fsp3) is 0.217. The van der Waals surface area contributed by atoms with E-state index in [1.165, 1.54) is 0 Å². The van der Waals surface area contributed by atoms with Crippen LogP contribution in [0, 0.1) is 13.8 Å². The zero-order chi connectivity index (χ0) is 19.7. The maximum Gasteiger partial charge on any atom is 0.259 e. The molecule has 28 heavy (non-hydrogen) atoms. The number of hydrogen-bond acceptors (Lipinski definition) is 3. The Hall–Kier alpha value is -3.34. The fourth-order valence-corrected chi connectivity index (χ4v) is 3.65. The summed E-state index contributed by atoms with van der Waals surface area (Å²) >= 11 is 0. The average Bonchev–Trinajstić information content (AvgIpc) is 3.06.